The van der Waals surface area contributed by atoms with Crippen molar-refractivity contribution in [3.05, 3.63) is 0 Å². The van der Waals surface area contributed by atoms with Crippen LogP contribution in [0.25, 0.3) is 0 Å². The van der Waals surface area contributed by atoms with Crippen LogP contribution in [0.5, 0.6) is 0 Å². The van der Waals surface area contributed by atoms with Crippen molar-refractivity contribution in [3.8, 4) is 0 Å². The van der Waals surface area contributed by atoms with Gasteiger partial charge < -0.3 is 4.90 Å². The van der Waals surface area contributed by atoms with Crippen LogP contribution in [0.1, 0.15) is 58.8 Å². The average Bonchev–Trinajstić information content (AvgIpc) is 3.09. The Morgan fingerprint density at radius 2 is 2.06 bits per heavy atom. The van der Waals surface area contributed by atoms with Crippen LogP contribution in [0.15, 0.2) is 0 Å². The van der Waals surface area contributed by atoms with Crippen LogP contribution >= 0.6 is 0 Å². The highest BCUT2D eigenvalue weighted by Gasteiger charge is 2.36. The molecule has 17 heavy (non-hydrogen) atoms. The van der Waals surface area contributed by atoms with Gasteiger partial charge in [-0.15, -0.1) is 0 Å². The van der Waals surface area contributed by atoms with Gasteiger partial charge in [0, 0.05) is 6.54 Å². The molecule has 2 fully saturated rings. The second-order valence-corrected chi connectivity index (χ2v) is 5.55. The first-order chi connectivity index (χ1) is 8.26. The summed E-state index contributed by atoms with van der Waals surface area (Å²) in [5.41, 5.74) is 0. The Morgan fingerprint density at radius 1 is 1.29 bits per heavy atom. The predicted molar refractivity (Wildman–Crippen MR) is 69.6 cm³/mol. The monoisotopic (exact) mass is 238 g/mol. The molecule has 1 saturated heterocycles. The van der Waals surface area contributed by atoms with Crippen molar-refractivity contribution in [2.45, 2.75) is 71.0 Å². The average molecular weight is 238 g/mol. The van der Waals surface area contributed by atoms with Gasteiger partial charge in [-0.1, -0.05) is 33.1 Å². The van der Waals surface area contributed by atoms with Crippen LogP contribution in [0.3, 0.4) is 0 Å². The smallest absolute Gasteiger partial charge is 0.241 e. The summed E-state index contributed by atoms with van der Waals surface area (Å²) in [5, 5.41) is 3.47. The molecule has 1 amide bonds. The van der Waals surface area contributed by atoms with Gasteiger partial charge in [0.05, 0.1) is 12.2 Å². The summed E-state index contributed by atoms with van der Waals surface area (Å²) >= 11 is 0. The first-order valence-corrected chi connectivity index (χ1v) is 7.32. The number of carbonyl (C=O) groups excluding carboxylic acids is 1. The molecule has 1 saturated carbocycles. The minimum Gasteiger partial charge on any atom is -0.326 e. The molecule has 1 aliphatic heterocycles. The van der Waals surface area contributed by atoms with Gasteiger partial charge in [-0.25, -0.2) is 0 Å². The first kappa shape index (κ1) is 12.9. The third-order valence-corrected chi connectivity index (χ3v) is 4.03. The maximum atomic E-state index is 12.2. The number of nitrogens with zero attached hydrogens (tertiary/aromatic N) is 1. The van der Waals surface area contributed by atoms with Gasteiger partial charge in [0.15, 0.2) is 0 Å². The van der Waals surface area contributed by atoms with Crippen molar-refractivity contribution < 1.29 is 4.79 Å². The van der Waals surface area contributed by atoms with Crippen LogP contribution in [0.4, 0.5) is 0 Å². The summed E-state index contributed by atoms with van der Waals surface area (Å²) < 4.78 is 0. The number of amides is 1. The van der Waals surface area contributed by atoms with Crippen molar-refractivity contribution in [2.24, 2.45) is 5.92 Å². The summed E-state index contributed by atoms with van der Waals surface area (Å²) in [7, 11) is 0. The minimum absolute atomic E-state index is 0.0764. The van der Waals surface area contributed by atoms with Crippen LogP contribution in [-0.4, -0.2) is 29.6 Å². The van der Waals surface area contributed by atoms with Gasteiger partial charge in [-0.05, 0) is 31.6 Å². The quantitative estimate of drug-likeness (QED) is 0.739. The maximum absolute atomic E-state index is 12.2. The van der Waals surface area contributed by atoms with Crippen LogP contribution in [0, 0.1) is 5.92 Å². The molecule has 0 bridgehead atoms. The third-order valence-electron chi connectivity index (χ3n) is 4.03. The van der Waals surface area contributed by atoms with Gasteiger partial charge >= 0.3 is 0 Å². The molecule has 2 rings (SSSR count). The SMILES string of the molecule is CCCC1NC(CC)C(=O)N1CCCC1CC1. The molecule has 2 atom stereocenters. The number of nitrogens with one attached hydrogen (secondary N) is 1. The molecule has 2 unspecified atom stereocenters. The summed E-state index contributed by atoms with van der Waals surface area (Å²) in [4.78, 5) is 14.3. The highest BCUT2D eigenvalue weighted by molar-refractivity contribution is 5.84. The van der Waals surface area contributed by atoms with Crippen LogP contribution < -0.4 is 5.32 Å². The lowest BCUT2D eigenvalue weighted by Gasteiger charge is -2.23. The highest BCUT2D eigenvalue weighted by Crippen LogP contribution is 2.33. The van der Waals surface area contributed by atoms with E-state index in [1.807, 2.05) is 0 Å². The molecule has 1 heterocycles. The summed E-state index contributed by atoms with van der Waals surface area (Å²) in [5.74, 6) is 1.31. The molecule has 3 nitrogen and oxygen atoms in total. The fourth-order valence-corrected chi connectivity index (χ4v) is 2.78. The van der Waals surface area contributed by atoms with Crippen molar-refractivity contribution in [1.29, 1.82) is 0 Å². The fraction of sp³-hybridized carbons (Fsp3) is 0.929. The number of carbonyl (C=O) groups is 1. The van der Waals surface area contributed by atoms with Gasteiger partial charge in [-0.2, -0.15) is 0 Å². The second-order valence-electron chi connectivity index (χ2n) is 5.55. The van der Waals surface area contributed by atoms with E-state index < -0.39 is 0 Å². The van der Waals surface area contributed by atoms with E-state index in [-0.39, 0.29) is 6.04 Å². The first-order valence-electron chi connectivity index (χ1n) is 7.32. The van der Waals surface area contributed by atoms with Crippen molar-refractivity contribution >= 4 is 5.91 Å². The molecule has 98 valence electrons. The van der Waals surface area contributed by atoms with Crippen LogP contribution in [0.2, 0.25) is 0 Å². The van der Waals surface area contributed by atoms with E-state index in [0.29, 0.717) is 12.1 Å². The lowest BCUT2D eigenvalue weighted by Crippen LogP contribution is -2.37. The van der Waals surface area contributed by atoms with Crippen molar-refractivity contribution in [3.63, 3.8) is 0 Å². The molecule has 1 aliphatic carbocycles. The standard InChI is InChI=1S/C14H26N2O/c1-3-6-13-15-12(4-2)14(17)16(13)10-5-7-11-8-9-11/h11-13,15H,3-10H2,1-2H3. The Labute approximate surface area is 105 Å². The lowest BCUT2D eigenvalue weighted by atomic mass is 10.2. The van der Waals surface area contributed by atoms with Gasteiger partial charge in [-0.3, -0.25) is 10.1 Å². The lowest BCUT2D eigenvalue weighted by molar-refractivity contribution is -0.130. The Balaban J connectivity index is 1.83. The van der Waals surface area contributed by atoms with E-state index >= 15 is 0 Å². The van der Waals surface area contributed by atoms with E-state index in [9.17, 15) is 4.79 Å². The fourth-order valence-electron chi connectivity index (χ4n) is 2.78. The third kappa shape index (κ3) is 3.21. The Morgan fingerprint density at radius 3 is 2.65 bits per heavy atom. The summed E-state index contributed by atoms with van der Waals surface area (Å²) in [6.45, 7) is 5.24. The molecule has 1 N–H and O–H groups in total. The molecular weight excluding hydrogens is 212 g/mol. The molecular formula is C14H26N2O. The molecule has 0 aromatic heterocycles. The normalized spacial score (nSPS) is 29.1. The van der Waals surface area contributed by atoms with E-state index in [1.54, 1.807) is 0 Å². The molecule has 0 spiro atoms. The largest absolute Gasteiger partial charge is 0.326 e. The van der Waals surface area contributed by atoms with Gasteiger partial charge in [0.1, 0.15) is 0 Å². The van der Waals surface area contributed by atoms with Crippen molar-refractivity contribution in [2.75, 3.05) is 6.54 Å². The van der Waals surface area contributed by atoms with E-state index in [4.69, 9.17) is 0 Å². The Hall–Kier alpha value is -0.570. The zero-order valence-corrected chi connectivity index (χ0v) is 11.2. The Bertz CT molecular complexity index is 263. The number of hydrogen-bond donors (Lipinski definition) is 1. The maximum Gasteiger partial charge on any atom is 0.241 e. The number of rotatable bonds is 7. The Kier molecular flexibility index (Phi) is 4.43. The van der Waals surface area contributed by atoms with Crippen molar-refractivity contribution in [1.82, 2.24) is 10.2 Å². The van der Waals surface area contributed by atoms with E-state index in [1.165, 1.54) is 25.7 Å². The molecule has 2 aliphatic rings. The second kappa shape index (κ2) is 5.85. The zero-order valence-electron chi connectivity index (χ0n) is 11.2. The topological polar surface area (TPSA) is 32.3 Å². The van der Waals surface area contributed by atoms with E-state index in [2.05, 4.69) is 24.1 Å². The molecule has 0 aromatic carbocycles. The van der Waals surface area contributed by atoms with Gasteiger partial charge in [0.2, 0.25) is 5.91 Å². The minimum atomic E-state index is 0.0764. The van der Waals surface area contributed by atoms with Gasteiger partial charge in [0.25, 0.3) is 0 Å². The molecule has 0 aromatic rings. The summed E-state index contributed by atoms with van der Waals surface area (Å²) in [6, 6.07) is 0.0764. The number of hydrogen-bond acceptors (Lipinski definition) is 2. The zero-order chi connectivity index (χ0) is 12.3. The molecule has 0 radical (unpaired) electrons. The summed E-state index contributed by atoms with van der Waals surface area (Å²) in [6.07, 6.45) is 8.79. The highest BCUT2D eigenvalue weighted by atomic mass is 16.2. The van der Waals surface area contributed by atoms with Crippen LogP contribution in [-0.2, 0) is 4.79 Å². The van der Waals surface area contributed by atoms with E-state index in [0.717, 1.165) is 31.7 Å². The predicted octanol–water partition coefficient (Wildman–Crippen LogP) is 2.51. The molecule has 3 heteroatoms.